The van der Waals surface area contributed by atoms with Crippen LogP contribution in [0.2, 0.25) is 0 Å². The number of unbranched alkanes of at least 4 members (excludes halogenated alkanes) is 3. The van der Waals surface area contributed by atoms with E-state index in [9.17, 15) is 9.59 Å². The van der Waals surface area contributed by atoms with Crippen molar-refractivity contribution in [3.05, 3.63) is 45.8 Å². The van der Waals surface area contributed by atoms with Crippen LogP contribution in [0.3, 0.4) is 0 Å². The molecule has 7 heteroatoms. The third kappa shape index (κ3) is 7.10. The van der Waals surface area contributed by atoms with Gasteiger partial charge >= 0.3 is 5.97 Å². The van der Waals surface area contributed by atoms with Crippen molar-refractivity contribution in [2.24, 2.45) is 0 Å². The zero-order valence-electron chi connectivity index (χ0n) is 21.3. The first-order valence-electron chi connectivity index (χ1n) is 12.6. The zero-order valence-corrected chi connectivity index (χ0v) is 22.1. The molecule has 3 rings (SSSR count). The highest BCUT2D eigenvalue weighted by atomic mass is 32.1. The van der Waals surface area contributed by atoms with Crippen molar-refractivity contribution in [2.75, 3.05) is 25.6 Å². The summed E-state index contributed by atoms with van der Waals surface area (Å²) in [4.78, 5) is 26.7. The van der Waals surface area contributed by atoms with Gasteiger partial charge in [-0.2, -0.15) is 0 Å². The van der Waals surface area contributed by atoms with Crippen LogP contribution in [-0.4, -0.2) is 32.2 Å². The summed E-state index contributed by atoms with van der Waals surface area (Å²) >= 11 is 1.49. The Morgan fingerprint density at radius 2 is 2.00 bits per heavy atom. The summed E-state index contributed by atoms with van der Waals surface area (Å²) in [6.45, 7) is 7.05. The van der Waals surface area contributed by atoms with E-state index in [1.807, 2.05) is 18.2 Å². The number of nitrogens with one attached hydrogen (secondary N) is 1. The Kier molecular flexibility index (Phi) is 10.2. The third-order valence-corrected chi connectivity index (χ3v) is 7.32. The number of hydrogen-bond donors (Lipinski definition) is 1. The number of thiophene rings is 1. The van der Waals surface area contributed by atoms with Crippen molar-refractivity contribution in [3.63, 3.8) is 0 Å². The van der Waals surface area contributed by atoms with Crippen molar-refractivity contribution in [2.45, 2.75) is 71.6 Å². The van der Waals surface area contributed by atoms with Crippen LogP contribution in [0, 0.1) is 0 Å². The third-order valence-electron chi connectivity index (χ3n) is 6.14. The van der Waals surface area contributed by atoms with E-state index >= 15 is 0 Å². The van der Waals surface area contributed by atoms with Gasteiger partial charge in [-0.1, -0.05) is 39.2 Å². The summed E-state index contributed by atoms with van der Waals surface area (Å²) in [6.07, 6.45) is 10.8. The van der Waals surface area contributed by atoms with Gasteiger partial charge in [0.05, 0.1) is 25.9 Å². The van der Waals surface area contributed by atoms with Crippen LogP contribution in [0.25, 0.3) is 6.08 Å². The largest absolute Gasteiger partial charge is 0.493 e. The lowest BCUT2D eigenvalue weighted by atomic mass is 9.86. The molecule has 1 aromatic heterocycles. The standard InChI is InChI=1S/C28H37NO5S/c1-5-7-8-9-17-34-21-15-13-20(18-22(21)32-4)14-16-24(30)29-27-26(28(31)33-6-2)25-19(3)11-10-12-23(25)35-27/h13-16,18-19H,5-12,17H2,1-4H3,(H,29,30)/b16-14+. The van der Waals surface area contributed by atoms with E-state index in [2.05, 4.69) is 19.2 Å². The van der Waals surface area contributed by atoms with E-state index in [0.29, 0.717) is 35.3 Å². The Hall–Kier alpha value is -2.80. The first-order chi connectivity index (χ1) is 17.0. The number of benzene rings is 1. The van der Waals surface area contributed by atoms with Crippen LogP contribution >= 0.6 is 11.3 Å². The van der Waals surface area contributed by atoms with E-state index in [4.69, 9.17) is 14.2 Å². The maximum absolute atomic E-state index is 12.8. The Bertz CT molecular complexity index is 1040. The Morgan fingerprint density at radius 3 is 2.74 bits per heavy atom. The molecule has 190 valence electrons. The molecule has 0 saturated heterocycles. The minimum absolute atomic E-state index is 0.274. The highest BCUT2D eigenvalue weighted by Crippen LogP contribution is 2.43. The Balaban J connectivity index is 1.70. The molecule has 1 N–H and O–H groups in total. The average molecular weight is 500 g/mol. The summed E-state index contributed by atoms with van der Waals surface area (Å²) in [5.41, 5.74) is 2.37. The lowest BCUT2D eigenvalue weighted by molar-refractivity contribution is -0.111. The molecule has 35 heavy (non-hydrogen) atoms. The fourth-order valence-corrected chi connectivity index (χ4v) is 5.70. The quantitative estimate of drug-likeness (QED) is 0.194. The number of ether oxygens (including phenoxy) is 3. The maximum Gasteiger partial charge on any atom is 0.341 e. The molecule has 1 unspecified atom stereocenters. The van der Waals surface area contributed by atoms with Crippen LogP contribution < -0.4 is 14.8 Å². The minimum atomic E-state index is -0.368. The summed E-state index contributed by atoms with van der Waals surface area (Å²) in [5, 5.41) is 3.49. The monoisotopic (exact) mass is 499 g/mol. The number of fused-ring (bicyclic) bond motifs is 1. The number of anilines is 1. The second-order valence-electron chi connectivity index (χ2n) is 8.80. The van der Waals surface area contributed by atoms with E-state index in [1.165, 1.54) is 35.1 Å². The van der Waals surface area contributed by atoms with Crippen molar-refractivity contribution in [1.29, 1.82) is 0 Å². The number of esters is 1. The SMILES string of the molecule is CCCCCCOc1ccc(/C=C/C(=O)Nc2sc3c(c2C(=O)OCC)C(C)CCC3)cc1OC. The molecule has 2 aromatic rings. The number of amides is 1. The van der Waals surface area contributed by atoms with Gasteiger partial charge in [0.2, 0.25) is 5.91 Å². The predicted octanol–water partition coefficient (Wildman–Crippen LogP) is 6.98. The molecule has 1 aromatic carbocycles. The fourth-order valence-electron chi connectivity index (χ4n) is 4.35. The number of hydrogen-bond acceptors (Lipinski definition) is 6. The molecule has 1 amide bonds. The number of rotatable bonds is 12. The van der Waals surface area contributed by atoms with E-state index in [-0.39, 0.29) is 17.8 Å². The van der Waals surface area contributed by atoms with Gasteiger partial charge in [0.25, 0.3) is 0 Å². The molecule has 6 nitrogen and oxygen atoms in total. The molecule has 0 fully saturated rings. The summed E-state index contributed by atoms with van der Waals surface area (Å²) in [5.74, 6) is 0.941. The smallest absolute Gasteiger partial charge is 0.341 e. The normalized spacial score (nSPS) is 15.0. The van der Waals surface area contributed by atoms with Crippen molar-refractivity contribution in [1.82, 2.24) is 0 Å². The van der Waals surface area contributed by atoms with Gasteiger partial charge in [-0.25, -0.2) is 4.79 Å². The number of carbonyl (C=O) groups excluding carboxylic acids is 2. The maximum atomic E-state index is 12.8. The topological polar surface area (TPSA) is 73.9 Å². The first-order valence-corrected chi connectivity index (χ1v) is 13.4. The summed E-state index contributed by atoms with van der Waals surface area (Å²) in [6, 6.07) is 5.60. The van der Waals surface area contributed by atoms with E-state index < -0.39 is 0 Å². The van der Waals surface area contributed by atoms with Crippen LogP contribution in [0.15, 0.2) is 24.3 Å². The van der Waals surface area contributed by atoms with Crippen molar-refractivity contribution < 1.29 is 23.8 Å². The van der Waals surface area contributed by atoms with E-state index in [0.717, 1.165) is 43.2 Å². The molecular weight excluding hydrogens is 462 g/mol. The fraction of sp³-hybridized carbons (Fsp3) is 0.500. The second kappa shape index (κ2) is 13.3. The zero-order chi connectivity index (χ0) is 25.2. The van der Waals surface area contributed by atoms with Gasteiger partial charge in [0.15, 0.2) is 11.5 Å². The first kappa shape index (κ1) is 26.8. The Labute approximate surface area is 212 Å². The van der Waals surface area contributed by atoms with Crippen LogP contribution in [0.4, 0.5) is 5.00 Å². The molecule has 1 aliphatic carbocycles. The lowest BCUT2D eigenvalue weighted by Gasteiger charge is -2.19. The highest BCUT2D eigenvalue weighted by Gasteiger charge is 2.30. The molecule has 0 radical (unpaired) electrons. The number of methoxy groups -OCH3 is 1. The Morgan fingerprint density at radius 1 is 1.17 bits per heavy atom. The van der Waals surface area contributed by atoms with Crippen LogP contribution in [0.5, 0.6) is 11.5 Å². The molecular formula is C28H37NO5S. The molecule has 0 bridgehead atoms. The average Bonchev–Trinajstić information content (AvgIpc) is 3.22. The van der Waals surface area contributed by atoms with Gasteiger partial charge in [0, 0.05) is 11.0 Å². The van der Waals surface area contributed by atoms with Gasteiger partial charge in [-0.3, -0.25) is 4.79 Å². The van der Waals surface area contributed by atoms with Crippen LogP contribution in [-0.2, 0) is 16.0 Å². The lowest BCUT2D eigenvalue weighted by Crippen LogP contribution is -2.15. The molecule has 1 heterocycles. The minimum Gasteiger partial charge on any atom is -0.493 e. The molecule has 0 spiro atoms. The van der Waals surface area contributed by atoms with Crippen LogP contribution in [0.1, 0.15) is 91.6 Å². The van der Waals surface area contributed by atoms with Gasteiger partial charge in [-0.05, 0) is 67.9 Å². The predicted molar refractivity (Wildman–Crippen MR) is 142 cm³/mol. The van der Waals surface area contributed by atoms with Crippen molar-refractivity contribution in [3.8, 4) is 11.5 Å². The second-order valence-corrected chi connectivity index (χ2v) is 9.90. The van der Waals surface area contributed by atoms with Crippen molar-refractivity contribution >= 4 is 34.3 Å². The number of aryl methyl sites for hydroxylation is 1. The molecule has 1 aliphatic rings. The van der Waals surface area contributed by atoms with Gasteiger partial charge in [-0.15, -0.1) is 11.3 Å². The number of carbonyl (C=O) groups is 2. The summed E-state index contributed by atoms with van der Waals surface area (Å²) in [7, 11) is 1.61. The summed E-state index contributed by atoms with van der Waals surface area (Å²) < 4.78 is 16.7. The van der Waals surface area contributed by atoms with E-state index in [1.54, 1.807) is 20.1 Å². The van der Waals surface area contributed by atoms with Gasteiger partial charge < -0.3 is 19.5 Å². The highest BCUT2D eigenvalue weighted by molar-refractivity contribution is 7.17. The molecule has 0 saturated carbocycles. The molecule has 0 aliphatic heterocycles. The van der Waals surface area contributed by atoms with Gasteiger partial charge in [0.1, 0.15) is 5.00 Å². The molecule has 1 atom stereocenters.